The molecule has 0 radical (unpaired) electrons. The fourth-order valence-electron chi connectivity index (χ4n) is 3.42. The van der Waals surface area contributed by atoms with Crippen LogP contribution in [0.2, 0.25) is 0 Å². The minimum Gasteiger partial charge on any atom is -0.493 e. The van der Waals surface area contributed by atoms with E-state index in [1.807, 2.05) is 18.2 Å². The van der Waals surface area contributed by atoms with E-state index in [0.29, 0.717) is 30.6 Å². The molecule has 1 unspecified atom stereocenters. The molecule has 1 fully saturated rings. The van der Waals surface area contributed by atoms with Gasteiger partial charge < -0.3 is 19.7 Å². The lowest BCUT2D eigenvalue weighted by Crippen LogP contribution is -3.11. The van der Waals surface area contributed by atoms with Crippen LogP contribution in [0.15, 0.2) is 35.7 Å². The lowest BCUT2D eigenvalue weighted by Gasteiger charge is -2.20. The summed E-state index contributed by atoms with van der Waals surface area (Å²) in [5.41, 5.74) is 0.997. The van der Waals surface area contributed by atoms with Crippen LogP contribution in [0.4, 0.5) is 0 Å². The third-order valence-electron chi connectivity index (χ3n) is 4.70. The van der Waals surface area contributed by atoms with Crippen molar-refractivity contribution in [1.82, 2.24) is 5.32 Å². The molecular formula is C19H25N2O3S+. The van der Waals surface area contributed by atoms with Crippen LogP contribution in [0.3, 0.4) is 0 Å². The number of hydrogen-bond donors (Lipinski definition) is 2. The minimum atomic E-state index is 0.0910. The number of thiophene rings is 1. The second-order valence-electron chi connectivity index (χ2n) is 6.26. The number of amides is 1. The number of benzene rings is 1. The number of carbonyl (C=O) groups is 1. The van der Waals surface area contributed by atoms with Crippen molar-refractivity contribution in [2.24, 2.45) is 0 Å². The molecule has 3 rings (SSSR count). The number of ether oxygens (including phenoxy) is 2. The lowest BCUT2D eigenvalue weighted by molar-refractivity contribution is -0.910. The molecule has 0 bridgehead atoms. The van der Waals surface area contributed by atoms with E-state index in [1.54, 1.807) is 25.6 Å². The summed E-state index contributed by atoms with van der Waals surface area (Å²) in [6.45, 7) is 2.08. The molecular weight excluding hydrogens is 336 g/mol. The Labute approximate surface area is 152 Å². The number of rotatable bonds is 7. The van der Waals surface area contributed by atoms with Crippen LogP contribution in [0.1, 0.15) is 29.3 Å². The van der Waals surface area contributed by atoms with E-state index in [-0.39, 0.29) is 5.91 Å². The van der Waals surface area contributed by atoms with Gasteiger partial charge in [0.1, 0.15) is 6.04 Å². The van der Waals surface area contributed by atoms with Crippen LogP contribution in [-0.2, 0) is 11.3 Å². The first-order chi connectivity index (χ1) is 12.2. The molecule has 2 aromatic rings. The van der Waals surface area contributed by atoms with E-state index in [0.717, 1.165) is 12.1 Å². The van der Waals surface area contributed by atoms with Crippen molar-refractivity contribution in [2.45, 2.75) is 25.4 Å². The third kappa shape index (κ3) is 4.32. The predicted octanol–water partition coefficient (Wildman–Crippen LogP) is 1.80. The Bertz CT molecular complexity index is 703. The maximum atomic E-state index is 12.4. The van der Waals surface area contributed by atoms with Crippen molar-refractivity contribution >= 4 is 17.2 Å². The van der Waals surface area contributed by atoms with Gasteiger partial charge in [-0.15, -0.1) is 11.3 Å². The number of carbonyl (C=O) groups excluding carboxylic acids is 1. The smallest absolute Gasteiger partial charge is 0.275 e. The summed E-state index contributed by atoms with van der Waals surface area (Å²) >= 11 is 1.79. The molecule has 1 aliphatic rings. The number of hydrogen-bond acceptors (Lipinski definition) is 4. The summed E-state index contributed by atoms with van der Waals surface area (Å²) in [5, 5.41) is 5.14. The quantitative estimate of drug-likeness (QED) is 0.791. The van der Waals surface area contributed by atoms with Crippen LogP contribution >= 0.6 is 11.3 Å². The van der Waals surface area contributed by atoms with Gasteiger partial charge >= 0.3 is 0 Å². The molecule has 1 aromatic carbocycles. The van der Waals surface area contributed by atoms with Gasteiger partial charge in [0.2, 0.25) is 0 Å². The van der Waals surface area contributed by atoms with Crippen molar-refractivity contribution in [2.75, 3.05) is 27.3 Å². The second-order valence-corrected chi connectivity index (χ2v) is 7.24. The maximum Gasteiger partial charge on any atom is 0.275 e. The Hall–Kier alpha value is -2.05. The van der Waals surface area contributed by atoms with E-state index in [9.17, 15) is 4.79 Å². The highest BCUT2D eigenvalue weighted by molar-refractivity contribution is 7.10. The Morgan fingerprint density at radius 2 is 2.12 bits per heavy atom. The predicted molar refractivity (Wildman–Crippen MR) is 98.4 cm³/mol. The molecule has 134 valence electrons. The number of quaternary nitrogens is 1. The molecule has 2 atom stereocenters. The molecule has 0 aliphatic carbocycles. The highest BCUT2D eigenvalue weighted by Gasteiger charge is 2.32. The highest BCUT2D eigenvalue weighted by atomic mass is 32.1. The number of likely N-dealkylation sites (tertiary alicyclic amines) is 1. The van der Waals surface area contributed by atoms with Gasteiger partial charge in [0.15, 0.2) is 18.0 Å². The van der Waals surface area contributed by atoms with Gasteiger partial charge in [-0.05, 0) is 29.1 Å². The van der Waals surface area contributed by atoms with Crippen LogP contribution in [-0.4, -0.2) is 33.2 Å². The zero-order valence-electron chi connectivity index (χ0n) is 14.7. The molecule has 0 spiro atoms. The van der Waals surface area contributed by atoms with Gasteiger partial charge in [-0.2, -0.15) is 0 Å². The van der Waals surface area contributed by atoms with Crippen molar-refractivity contribution in [3.63, 3.8) is 0 Å². The molecule has 0 saturated carbocycles. The van der Waals surface area contributed by atoms with Crippen LogP contribution < -0.4 is 19.7 Å². The average Bonchev–Trinajstić information content (AvgIpc) is 3.31. The van der Waals surface area contributed by atoms with Crippen LogP contribution in [0.25, 0.3) is 0 Å². The molecule has 1 aromatic heterocycles. The van der Waals surface area contributed by atoms with Crippen molar-refractivity contribution < 1.29 is 19.2 Å². The first-order valence-electron chi connectivity index (χ1n) is 8.57. The monoisotopic (exact) mass is 361 g/mol. The standard InChI is InChI=1S/C19H24N2O3S/c1-23-16-8-7-14(11-17(16)24-2)12-20-19(22)13-21-9-3-5-15(21)18-6-4-10-25-18/h4,6-8,10-11,15H,3,5,9,12-13H2,1-2H3,(H,20,22)/p+1/t15-/m1/s1. The van der Waals surface area contributed by atoms with Crippen molar-refractivity contribution in [1.29, 1.82) is 0 Å². The summed E-state index contributed by atoms with van der Waals surface area (Å²) in [5.74, 6) is 1.46. The first kappa shape index (κ1) is 17.8. The Kier molecular flexibility index (Phi) is 5.94. The number of methoxy groups -OCH3 is 2. The van der Waals surface area contributed by atoms with Crippen molar-refractivity contribution in [3.8, 4) is 11.5 Å². The largest absolute Gasteiger partial charge is 0.493 e. The number of nitrogens with one attached hydrogen (secondary N) is 2. The minimum absolute atomic E-state index is 0.0910. The topological polar surface area (TPSA) is 52.0 Å². The SMILES string of the molecule is COc1ccc(CNC(=O)C[NH+]2CCC[C@@H]2c2cccs2)cc1OC. The van der Waals surface area contributed by atoms with E-state index in [2.05, 4.69) is 22.8 Å². The molecule has 1 saturated heterocycles. The van der Waals surface area contributed by atoms with E-state index in [4.69, 9.17) is 9.47 Å². The van der Waals surface area contributed by atoms with E-state index < -0.39 is 0 Å². The summed E-state index contributed by atoms with van der Waals surface area (Å²) < 4.78 is 10.5. The Morgan fingerprint density at radius 1 is 1.28 bits per heavy atom. The zero-order valence-corrected chi connectivity index (χ0v) is 15.5. The summed E-state index contributed by atoms with van der Waals surface area (Å²) in [4.78, 5) is 15.1. The fraction of sp³-hybridized carbons (Fsp3) is 0.421. The van der Waals surface area contributed by atoms with E-state index in [1.165, 1.54) is 22.6 Å². The normalized spacial score (nSPS) is 19.6. The van der Waals surface area contributed by atoms with Crippen molar-refractivity contribution in [3.05, 3.63) is 46.2 Å². The Balaban J connectivity index is 1.54. The summed E-state index contributed by atoms with van der Waals surface area (Å²) in [7, 11) is 3.23. The first-order valence-corrected chi connectivity index (χ1v) is 9.45. The maximum absolute atomic E-state index is 12.4. The molecule has 1 amide bonds. The van der Waals surface area contributed by atoms with Crippen LogP contribution in [0.5, 0.6) is 11.5 Å². The van der Waals surface area contributed by atoms with Gasteiger partial charge in [0.05, 0.1) is 25.6 Å². The molecule has 2 N–H and O–H groups in total. The summed E-state index contributed by atoms with van der Waals surface area (Å²) in [6, 6.07) is 10.4. The molecule has 6 heteroatoms. The van der Waals surface area contributed by atoms with Gasteiger partial charge in [-0.1, -0.05) is 12.1 Å². The average molecular weight is 361 g/mol. The summed E-state index contributed by atoms with van der Waals surface area (Å²) in [6.07, 6.45) is 2.35. The molecule has 2 heterocycles. The zero-order chi connectivity index (χ0) is 17.6. The second kappa shape index (κ2) is 8.36. The van der Waals surface area contributed by atoms with E-state index >= 15 is 0 Å². The molecule has 25 heavy (non-hydrogen) atoms. The van der Waals surface area contributed by atoms with Gasteiger partial charge in [-0.3, -0.25) is 4.79 Å². The fourth-order valence-corrected chi connectivity index (χ4v) is 4.34. The lowest BCUT2D eigenvalue weighted by atomic mass is 10.2. The Morgan fingerprint density at radius 3 is 2.84 bits per heavy atom. The van der Waals surface area contributed by atoms with Gasteiger partial charge in [-0.25, -0.2) is 0 Å². The highest BCUT2D eigenvalue weighted by Crippen LogP contribution is 2.27. The third-order valence-corrected chi connectivity index (χ3v) is 5.68. The molecule has 5 nitrogen and oxygen atoms in total. The van der Waals surface area contributed by atoms with Gasteiger partial charge in [0.25, 0.3) is 5.91 Å². The van der Waals surface area contributed by atoms with Crippen LogP contribution in [0, 0.1) is 0 Å². The molecule has 1 aliphatic heterocycles. The van der Waals surface area contributed by atoms with Gasteiger partial charge in [0, 0.05) is 19.4 Å².